The van der Waals surface area contributed by atoms with Gasteiger partial charge in [-0.2, -0.15) is 0 Å². The van der Waals surface area contributed by atoms with Crippen LogP contribution < -0.4 is 5.32 Å². The molecule has 1 aliphatic rings. The smallest absolute Gasteiger partial charge is 0.225 e. The molecular weight excluding hydrogens is 280 g/mol. The van der Waals surface area contributed by atoms with Crippen molar-refractivity contribution >= 4 is 17.2 Å². The van der Waals surface area contributed by atoms with E-state index in [1.54, 1.807) is 0 Å². The summed E-state index contributed by atoms with van der Waals surface area (Å²) in [5.74, 6) is 0.808. The Kier molecular flexibility index (Phi) is 5.44. The van der Waals surface area contributed by atoms with Gasteiger partial charge in [0.2, 0.25) is 5.91 Å². The molecule has 118 valence electrons. The number of hydrogen-bond donors (Lipinski definition) is 1. The van der Waals surface area contributed by atoms with E-state index in [1.165, 1.54) is 4.88 Å². The Morgan fingerprint density at radius 3 is 2.76 bits per heavy atom. The van der Waals surface area contributed by atoms with Gasteiger partial charge in [0.25, 0.3) is 0 Å². The minimum atomic E-state index is -0.308. The fourth-order valence-corrected chi connectivity index (χ4v) is 3.75. The number of nitrogens with zero attached hydrogens (tertiary/aromatic N) is 1. The van der Waals surface area contributed by atoms with E-state index in [2.05, 4.69) is 34.7 Å². The summed E-state index contributed by atoms with van der Waals surface area (Å²) in [6, 6.07) is 4.63. The van der Waals surface area contributed by atoms with Gasteiger partial charge in [-0.3, -0.25) is 4.79 Å². The zero-order valence-electron chi connectivity index (χ0n) is 13.7. The molecule has 1 aromatic rings. The second-order valence-corrected chi connectivity index (χ2v) is 8.19. The van der Waals surface area contributed by atoms with Crippen LogP contribution in [0.15, 0.2) is 17.5 Å². The SMILES string of the molecule is CCN1CC(Cc2cccs2)CC(NC(=O)C(C)(C)C)C1. The quantitative estimate of drug-likeness (QED) is 0.926. The number of thiophene rings is 1. The minimum absolute atomic E-state index is 0.167. The van der Waals surface area contributed by atoms with Gasteiger partial charge in [-0.25, -0.2) is 0 Å². The summed E-state index contributed by atoms with van der Waals surface area (Å²) in [6.07, 6.45) is 2.23. The van der Waals surface area contributed by atoms with E-state index < -0.39 is 0 Å². The van der Waals surface area contributed by atoms with Crippen LogP contribution in [0.2, 0.25) is 0 Å². The van der Waals surface area contributed by atoms with Crippen molar-refractivity contribution in [1.82, 2.24) is 10.2 Å². The fraction of sp³-hybridized carbons (Fsp3) is 0.706. The lowest BCUT2D eigenvalue weighted by atomic mass is 9.89. The van der Waals surface area contributed by atoms with Crippen LogP contribution in [-0.4, -0.2) is 36.5 Å². The maximum Gasteiger partial charge on any atom is 0.225 e. The standard InChI is InChI=1S/C17H28N2OS/c1-5-19-11-13(10-15-7-6-8-21-15)9-14(12-19)18-16(20)17(2,3)4/h6-8,13-14H,5,9-12H2,1-4H3,(H,18,20). The maximum atomic E-state index is 12.2. The van der Waals surface area contributed by atoms with Gasteiger partial charge in [-0.1, -0.05) is 33.8 Å². The molecule has 2 atom stereocenters. The third kappa shape index (κ3) is 4.82. The van der Waals surface area contributed by atoms with E-state index >= 15 is 0 Å². The van der Waals surface area contributed by atoms with E-state index in [9.17, 15) is 4.79 Å². The molecule has 2 rings (SSSR count). The first-order valence-electron chi connectivity index (χ1n) is 7.94. The van der Waals surface area contributed by atoms with Gasteiger partial charge in [-0.05, 0) is 36.8 Å². The summed E-state index contributed by atoms with van der Waals surface area (Å²) >= 11 is 1.84. The molecule has 0 saturated carbocycles. The molecule has 0 aromatic carbocycles. The van der Waals surface area contributed by atoms with E-state index in [0.717, 1.165) is 32.5 Å². The molecule has 0 radical (unpaired) electrons. The molecule has 4 heteroatoms. The summed E-state index contributed by atoms with van der Waals surface area (Å²) in [5.41, 5.74) is -0.308. The van der Waals surface area contributed by atoms with Crippen LogP contribution in [0, 0.1) is 11.3 Å². The zero-order valence-corrected chi connectivity index (χ0v) is 14.5. The number of nitrogens with one attached hydrogen (secondary N) is 1. The summed E-state index contributed by atoms with van der Waals surface area (Å²) in [5, 5.41) is 5.40. The normalized spacial score (nSPS) is 24.0. The highest BCUT2D eigenvalue weighted by Crippen LogP contribution is 2.24. The number of rotatable bonds is 4. The second kappa shape index (κ2) is 6.93. The van der Waals surface area contributed by atoms with E-state index in [-0.39, 0.29) is 17.4 Å². The largest absolute Gasteiger partial charge is 0.352 e. The number of hydrogen-bond acceptors (Lipinski definition) is 3. The number of piperidine rings is 1. The molecule has 0 aliphatic carbocycles. The highest BCUT2D eigenvalue weighted by atomic mass is 32.1. The van der Waals surface area contributed by atoms with Gasteiger partial charge in [0.05, 0.1) is 0 Å². The Morgan fingerprint density at radius 1 is 1.43 bits per heavy atom. The molecule has 2 heterocycles. The third-order valence-corrected chi connectivity index (χ3v) is 5.05. The second-order valence-electron chi connectivity index (χ2n) is 7.16. The molecule has 1 fully saturated rings. The summed E-state index contributed by atoms with van der Waals surface area (Å²) in [4.78, 5) is 16.1. The van der Waals surface area contributed by atoms with E-state index in [0.29, 0.717) is 5.92 Å². The van der Waals surface area contributed by atoms with Crippen molar-refractivity contribution in [2.45, 2.75) is 46.6 Å². The highest BCUT2D eigenvalue weighted by Gasteiger charge is 2.30. The predicted octanol–water partition coefficient (Wildman–Crippen LogP) is 3.16. The van der Waals surface area contributed by atoms with Crippen molar-refractivity contribution in [2.75, 3.05) is 19.6 Å². The molecule has 1 amide bonds. The molecule has 1 N–H and O–H groups in total. The molecule has 0 bridgehead atoms. The number of likely N-dealkylation sites (tertiary alicyclic amines) is 1. The molecule has 3 nitrogen and oxygen atoms in total. The Bertz CT molecular complexity index is 450. The fourth-order valence-electron chi connectivity index (χ4n) is 2.93. The van der Waals surface area contributed by atoms with Gasteiger partial charge >= 0.3 is 0 Å². The molecule has 1 aliphatic heterocycles. The average molecular weight is 308 g/mol. The van der Waals surface area contributed by atoms with Crippen molar-refractivity contribution in [3.8, 4) is 0 Å². The van der Waals surface area contributed by atoms with Crippen LogP contribution in [0.4, 0.5) is 0 Å². The van der Waals surface area contributed by atoms with Crippen LogP contribution >= 0.6 is 11.3 Å². The molecule has 0 spiro atoms. The first-order valence-corrected chi connectivity index (χ1v) is 8.82. The maximum absolute atomic E-state index is 12.2. The van der Waals surface area contributed by atoms with Crippen molar-refractivity contribution in [3.05, 3.63) is 22.4 Å². The van der Waals surface area contributed by atoms with E-state index in [1.807, 2.05) is 32.1 Å². The summed E-state index contributed by atoms with van der Waals surface area (Å²) in [7, 11) is 0. The van der Waals surface area contributed by atoms with Crippen molar-refractivity contribution in [3.63, 3.8) is 0 Å². The monoisotopic (exact) mass is 308 g/mol. The van der Waals surface area contributed by atoms with Gasteiger partial charge in [-0.15, -0.1) is 11.3 Å². The minimum Gasteiger partial charge on any atom is -0.352 e. The van der Waals surface area contributed by atoms with Gasteiger partial charge < -0.3 is 10.2 Å². The predicted molar refractivity (Wildman–Crippen MR) is 89.6 cm³/mol. The molecular formula is C17H28N2OS. The third-order valence-electron chi connectivity index (χ3n) is 4.15. The van der Waals surface area contributed by atoms with Crippen molar-refractivity contribution in [1.29, 1.82) is 0 Å². The van der Waals surface area contributed by atoms with Crippen LogP contribution in [-0.2, 0) is 11.2 Å². The first kappa shape index (κ1) is 16.5. The van der Waals surface area contributed by atoms with E-state index in [4.69, 9.17) is 0 Å². The number of carbonyl (C=O) groups excluding carboxylic acids is 1. The van der Waals surface area contributed by atoms with Crippen LogP contribution in [0.1, 0.15) is 39.0 Å². The Morgan fingerprint density at radius 2 is 2.19 bits per heavy atom. The molecule has 2 unspecified atom stereocenters. The Labute approximate surface area is 132 Å². The van der Waals surface area contributed by atoms with Crippen molar-refractivity contribution < 1.29 is 4.79 Å². The summed E-state index contributed by atoms with van der Waals surface area (Å²) < 4.78 is 0. The zero-order chi connectivity index (χ0) is 15.5. The van der Waals surface area contributed by atoms with Gasteiger partial charge in [0.15, 0.2) is 0 Å². The van der Waals surface area contributed by atoms with Gasteiger partial charge in [0.1, 0.15) is 0 Å². The Balaban J connectivity index is 1.96. The Hall–Kier alpha value is -0.870. The topological polar surface area (TPSA) is 32.3 Å². The number of amides is 1. The lowest BCUT2D eigenvalue weighted by molar-refractivity contribution is -0.129. The molecule has 1 saturated heterocycles. The summed E-state index contributed by atoms with van der Waals surface area (Å²) in [6.45, 7) is 11.3. The molecule has 1 aromatic heterocycles. The molecule has 21 heavy (non-hydrogen) atoms. The first-order chi connectivity index (χ1) is 9.88. The van der Waals surface area contributed by atoms with Crippen LogP contribution in [0.25, 0.3) is 0 Å². The van der Waals surface area contributed by atoms with Crippen molar-refractivity contribution in [2.24, 2.45) is 11.3 Å². The number of carbonyl (C=O) groups is 1. The highest BCUT2D eigenvalue weighted by molar-refractivity contribution is 7.09. The van der Waals surface area contributed by atoms with Gasteiger partial charge in [0, 0.05) is 29.4 Å². The lowest BCUT2D eigenvalue weighted by Gasteiger charge is -2.38. The lowest BCUT2D eigenvalue weighted by Crippen LogP contribution is -2.53. The van der Waals surface area contributed by atoms with Crippen LogP contribution in [0.5, 0.6) is 0 Å². The number of likely N-dealkylation sites (N-methyl/N-ethyl adjacent to an activating group) is 1. The van der Waals surface area contributed by atoms with Crippen LogP contribution in [0.3, 0.4) is 0 Å². The average Bonchev–Trinajstić information content (AvgIpc) is 2.90.